The van der Waals surface area contributed by atoms with Crippen LogP contribution in [0.5, 0.6) is 5.75 Å². The first-order valence-electron chi connectivity index (χ1n) is 12.5. The number of anilines is 2. The quantitative estimate of drug-likeness (QED) is 0.458. The number of aryl methyl sites for hydroxylation is 1. The van der Waals surface area contributed by atoms with Crippen molar-refractivity contribution in [2.24, 2.45) is 5.92 Å². The molecule has 2 heterocycles. The molecule has 2 aromatic rings. The van der Waals surface area contributed by atoms with Crippen molar-refractivity contribution >= 4 is 35.3 Å². The molecule has 2 aliphatic rings. The second-order valence-electron chi connectivity index (χ2n) is 10.1. The molecule has 11 nitrogen and oxygen atoms in total. The molecule has 11 heteroatoms. The summed E-state index contributed by atoms with van der Waals surface area (Å²) in [5, 5.41) is 17.7. The molecule has 0 radical (unpaired) electrons. The van der Waals surface area contributed by atoms with Crippen LogP contribution in [-0.2, 0) is 4.79 Å². The van der Waals surface area contributed by atoms with Crippen molar-refractivity contribution in [2.75, 3.05) is 43.9 Å². The average Bonchev–Trinajstić information content (AvgIpc) is 2.88. The fourth-order valence-electron chi connectivity index (χ4n) is 4.78. The van der Waals surface area contributed by atoms with Gasteiger partial charge >= 0.3 is 18.0 Å². The predicted molar refractivity (Wildman–Crippen MR) is 142 cm³/mol. The van der Waals surface area contributed by atoms with E-state index in [9.17, 15) is 19.2 Å². The number of likely N-dealkylation sites (tertiary alicyclic amines) is 2. The number of carbonyl (C=O) groups is 4. The van der Waals surface area contributed by atoms with Gasteiger partial charge in [-0.05, 0) is 56.5 Å². The Morgan fingerprint density at radius 1 is 0.974 bits per heavy atom. The predicted octanol–water partition coefficient (Wildman–Crippen LogP) is 3.37. The first-order valence-corrected chi connectivity index (χ1v) is 12.5. The summed E-state index contributed by atoms with van der Waals surface area (Å²) in [7, 11) is 1.46. The molecule has 0 atom stereocenters. The molecule has 4 N–H and O–H groups in total. The fourth-order valence-corrected chi connectivity index (χ4v) is 4.78. The topological polar surface area (TPSA) is 140 Å². The number of amides is 5. The van der Waals surface area contributed by atoms with E-state index in [1.807, 2.05) is 32.0 Å². The largest absolute Gasteiger partial charge is 0.495 e. The molecule has 2 fully saturated rings. The van der Waals surface area contributed by atoms with Gasteiger partial charge in [-0.2, -0.15) is 0 Å². The molecular weight excluding hydrogens is 490 g/mol. The minimum absolute atomic E-state index is 0.215. The average molecular weight is 524 g/mol. The van der Waals surface area contributed by atoms with Crippen molar-refractivity contribution in [3.63, 3.8) is 0 Å². The van der Waals surface area contributed by atoms with Crippen molar-refractivity contribution in [1.82, 2.24) is 15.1 Å². The number of hydrogen-bond acceptors (Lipinski definition) is 5. The van der Waals surface area contributed by atoms with Gasteiger partial charge in [0.15, 0.2) is 0 Å². The maximum absolute atomic E-state index is 13.1. The van der Waals surface area contributed by atoms with E-state index in [1.54, 1.807) is 34.1 Å². The zero-order valence-electron chi connectivity index (χ0n) is 21.7. The van der Waals surface area contributed by atoms with Crippen LogP contribution >= 0.6 is 0 Å². The molecule has 0 unspecified atom stereocenters. The monoisotopic (exact) mass is 523 g/mol. The molecule has 2 aromatic carbocycles. The molecule has 0 bridgehead atoms. The highest BCUT2D eigenvalue weighted by molar-refractivity contribution is 6.02. The third-order valence-electron chi connectivity index (χ3n) is 7.00. The van der Waals surface area contributed by atoms with Crippen molar-refractivity contribution in [3.05, 3.63) is 53.6 Å². The van der Waals surface area contributed by atoms with Gasteiger partial charge in [0.05, 0.1) is 24.3 Å². The van der Waals surface area contributed by atoms with E-state index in [1.165, 1.54) is 7.11 Å². The van der Waals surface area contributed by atoms with Crippen LogP contribution in [-0.4, -0.2) is 77.7 Å². The number of benzene rings is 2. The Labute approximate surface area is 221 Å². The van der Waals surface area contributed by atoms with Gasteiger partial charge in [0.1, 0.15) is 5.75 Å². The SMILES string of the molecule is COc1cc(C(=O)N2CC(C)(NC(=O)N3CCC(C(=O)O)CC3)C2)ccc1NC(=O)Nc1ccccc1C. The summed E-state index contributed by atoms with van der Waals surface area (Å²) in [6.07, 6.45) is 0.870. The number of carboxylic acids is 1. The molecule has 4 rings (SSSR count). The zero-order valence-corrected chi connectivity index (χ0v) is 21.7. The van der Waals surface area contributed by atoms with Crippen molar-refractivity contribution in [1.29, 1.82) is 0 Å². The van der Waals surface area contributed by atoms with Crippen LogP contribution in [0.25, 0.3) is 0 Å². The maximum Gasteiger partial charge on any atom is 0.323 e. The van der Waals surface area contributed by atoms with Crippen LogP contribution in [0.4, 0.5) is 21.0 Å². The Bertz CT molecular complexity index is 1230. The number of nitrogens with zero attached hydrogens (tertiary/aromatic N) is 2. The molecular formula is C27H33N5O6. The molecule has 0 aromatic heterocycles. The van der Waals surface area contributed by atoms with Gasteiger partial charge in [-0.25, -0.2) is 9.59 Å². The highest BCUT2D eigenvalue weighted by atomic mass is 16.5. The van der Waals surface area contributed by atoms with Crippen LogP contribution in [0, 0.1) is 12.8 Å². The number of aliphatic carboxylic acids is 1. The van der Waals surface area contributed by atoms with Crippen LogP contribution in [0.1, 0.15) is 35.7 Å². The normalized spacial score (nSPS) is 16.7. The van der Waals surface area contributed by atoms with Crippen LogP contribution in [0.3, 0.4) is 0 Å². The Hall–Kier alpha value is -4.28. The number of hydrogen-bond donors (Lipinski definition) is 4. The Morgan fingerprint density at radius 2 is 1.63 bits per heavy atom. The lowest BCUT2D eigenvalue weighted by Crippen LogP contribution is -2.71. The fraction of sp³-hybridized carbons (Fsp3) is 0.407. The van der Waals surface area contributed by atoms with Gasteiger partial charge < -0.3 is 35.6 Å². The summed E-state index contributed by atoms with van der Waals surface area (Å²) >= 11 is 0. The lowest BCUT2D eigenvalue weighted by molar-refractivity contribution is -0.143. The first-order chi connectivity index (χ1) is 18.1. The summed E-state index contributed by atoms with van der Waals surface area (Å²) in [5.74, 6) is -1.10. The van der Waals surface area contributed by atoms with E-state index in [0.29, 0.717) is 61.7 Å². The number of para-hydroxylation sites is 1. The minimum atomic E-state index is -0.823. The summed E-state index contributed by atoms with van der Waals surface area (Å²) in [5.41, 5.74) is 1.86. The number of piperidine rings is 1. The number of ether oxygens (including phenoxy) is 1. The van der Waals surface area contributed by atoms with Gasteiger partial charge in [0.25, 0.3) is 5.91 Å². The zero-order chi connectivity index (χ0) is 27.4. The van der Waals surface area contributed by atoms with Crippen molar-refractivity contribution in [3.8, 4) is 5.75 Å². The number of nitrogens with one attached hydrogen (secondary N) is 3. The van der Waals surface area contributed by atoms with Crippen molar-refractivity contribution < 1.29 is 29.0 Å². The van der Waals surface area contributed by atoms with Gasteiger partial charge in [-0.15, -0.1) is 0 Å². The first kappa shape index (κ1) is 26.8. The molecule has 0 aliphatic carbocycles. The lowest BCUT2D eigenvalue weighted by atomic mass is 9.91. The van der Waals surface area contributed by atoms with Crippen LogP contribution in [0.2, 0.25) is 0 Å². The second kappa shape index (κ2) is 11.0. The second-order valence-corrected chi connectivity index (χ2v) is 10.1. The van der Waals surface area contributed by atoms with E-state index < -0.39 is 23.5 Å². The molecule has 5 amide bonds. The Morgan fingerprint density at radius 3 is 2.26 bits per heavy atom. The standard InChI is InChI=1S/C27H33N5O6/c1-17-6-4-5-7-20(17)28-25(36)29-21-9-8-19(14-22(21)38-3)23(33)32-15-27(2,16-32)30-26(37)31-12-10-18(11-13-31)24(34)35/h4-9,14,18H,10-13,15-16H2,1-3H3,(H,30,37)(H,34,35)(H2,28,29,36). The molecule has 2 aliphatic heterocycles. The smallest absolute Gasteiger partial charge is 0.323 e. The molecule has 0 saturated carbocycles. The Balaban J connectivity index is 1.31. The van der Waals surface area contributed by atoms with Gasteiger partial charge in [0.2, 0.25) is 0 Å². The van der Waals surface area contributed by atoms with Gasteiger partial charge in [-0.1, -0.05) is 18.2 Å². The van der Waals surface area contributed by atoms with E-state index >= 15 is 0 Å². The number of carboxylic acid groups (broad SMARTS) is 1. The van der Waals surface area contributed by atoms with Crippen LogP contribution < -0.4 is 20.7 Å². The van der Waals surface area contributed by atoms with E-state index in [-0.39, 0.29) is 11.9 Å². The number of rotatable bonds is 6. The Kier molecular flexibility index (Phi) is 7.75. The summed E-state index contributed by atoms with van der Waals surface area (Å²) in [4.78, 5) is 52.6. The number of urea groups is 2. The molecule has 38 heavy (non-hydrogen) atoms. The third kappa shape index (κ3) is 5.99. The van der Waals surface area contributed by atoms with E-state index in [4.69, 9.17) is 9.84 Å². The summed E-state index contributed by atoms with van der Waals surface area (Å²) < 4.78 is 5.41. The summed E-state index contributed by atoms with van der Waals surface area (Å²) in [6, 6.07) is 11.6. The third-order valence-corrected chi connectivity index (χ3v) is 7.00. The summed E-state index contributed by atoms with van der Waals surface area (Å²) in [6.45, 7) is 5.23. The van der Waals surface area contributed by atoms with E-state index in [0.717, 1.165) is 5.56 Å². The highest BCUT2D eigenvalue weighted by Gasteiger charge is 2.43. The van der Waals surface area contributed by atoms with E-state index in [2.05, 4.69) is 16.0 Å². The minimum Gasteiger partial charge on any atom is -0.495 e. The molecule has 0 spiro atoms. The van der Waals surface area contributed by atoms with Gasteiger partial charge in [-0.3, -0.25) is 9.59 Å². The number of carbonyl (C=O) groups excluding carboxylic acids is 3. The maximum atomic E-state index is 13.1. The molecule has 2 saturated heterocycles. The number of methoxy groups -OCH3 is 1. The van der Waals surface area contributed by atoms with Crippen LogP contribution in [0.15, 0.2) is 42.5 Å². The molecule has 202 valence electrons. The van der Waals surface area contributed by atoms with Gasteiger partial charge in [0, 0.05) is 37.4 Å². The van der Waals surface area contributed by atoms with Crippen molar-refractivity contribution in [2.45, 2.75) is 32.2 Å². The highest BCUT2D eigenvalue weighted by Crippen LogP contribution is 2.29. The lowest BCUT2D eigenvalue weighted by Gasteiger charge is -2.49.